The van der Waals surface area contributed by atoms with Crippen LogP contribution in [0.25, 0.3) is 0 Å². The molecule has 1 N–H and O–H groups in total. The van der Waals surface area contributed by atoms with E-state index in [0.29, 0.717) is 17.6 Å². The first-order chi connectivity index (χ1) is 6.20. The molecular formula is C11H18O2. The number of fused-ring (bicyclic) bond motifs is 2. The molecule has 0 aromatic rings. The van der Waals surface area contributed by atoms with Crippen LogP contribution < -0.4 is 0 Å². The molecule has 2 bridgehead atoms. The van der Waals surface area contributed by atoms with Gasteiger partial charge in [-0.25, -0.2) is 0 Å². The van der Waals surface area contributed by atoms with Gasteiger partial charge in [-0.05, 0) is 37.5 Å². The molecule has 2 saturated carbocycles. The topological polar surface area (TPSA) is 37.3 Å². The number of carbonyl (C=O) groups excluding carboxylic acids is 1. The molecule has 0 aromatic carbocycles. The van der Waals surface area contributed by atoms with Gasteiger partial charge in [0, 0.05) is 18.4 Å². The highest BCUT2D eigenvalue weighted by molar-refractivity contribution is 5.85. The van der Waals surface area contributed by atoms with Crippen LogP contribution in [0.4, 0.5) is 0 Å². The maximum Gasteiger partial charge on any atom is 0.139 e. The molecular weight excluding hydrogens is 164 g/mol. The van der Waals surface area contributed by atoms with Gasteiger partial charge >= 0.3 is 0 Å². The molecule has 2 unspecified atom stereocenters. The summed E-state index contributed by atoms with van der Waals surface area (Å²) in [4.78, 5) is 11.7. The Morgan fingerprint density at radius 1 is 1.23 bits per heavy atom. The summed E-state index contributed by atoms with van der Waals surface area (Å²) in [6.07, 6.45) is 4.00. The molecule has 2 atom stereocenters. The largest absolute Gasteiger partial charge is 0.396 e. The van der Waals surface area contributed by atoms with E-state index in [0.717, 1.165) is 25.7 Å². The Labute approximate surface area is 79.3 Å². The van der Waals surface area contributed by atoms with E-state index in [1.165, 1.54) is 0 Å². The van der Waals surface area contributed by atoms with Gasteiger partial charge in [0.05, 0.1) is 0 Å². The third-order valence-corrected chi connectivity index (χ3v) is 3.67. The van der Waals surface area contributed by atoms with Crippen molar-refractivity contribution < 1.29 is 9.90 Å². The van der Waals surface area contributed by atoms with Gasteiger partial charge in [-0.3, -0.25) is 4.79 Å². The van der Waals surface area contributed by atoms with E-state index in [1.54, 1.807) is 0 Å². The molecule has 0 saturated heterocycles. The van der Waals surface area contributed by atoms with Crippen LogP contribution in [0.15, 0.2) is 0 Å². The lowest BCUT2D eigenvalue weighted by molar-refractivity contribution is -0.135. The van der Waals surface area contributed by atoms with Gasteiger partial charge in [-0.1, -0.05) is 6.92 Å². The standard InChI is InChI=1S/C11H18O2/c1-7-2-9-4-8(6-12)5-10(3-7)11(9)13/h7-10,12H,2-6H2,1H3. The Morgan fingerprint density at radius 3 is 2.23 bits per heavy atom. The Hall–Kier alpha value is -0.370. The van der Waals surface area contributed by atoms with Crippen LogP contribution in [-0.4, -0.2) is 17.5 Å². The smallest absolute Gasteiger partial charge is 0.139 e. The summed E-state index contributed by atoms with van der Waals surface area (Å²) in [7, 11) is 0. The van der Waals surface area contributed by atoms with Gasteiger partial charge in [0.25, 0.3) is 0 Å². The van der Waals surface area contributed by atoms with E-state index in [9.17, 15) is 4.79 Å². The van der Waals surface area contributed by atoms with E-state index in [1.807, 2.05) is 0 Å². The Kier molecular flexibility index (Phi) is 2.41. The predicted octanol–water partition coefficient (Wildman–Crippen LogP) is 1.62. The third kappa shape index (κ3) is 1.64. The lowest BCUT2D eigenvalue weighted by Crippen LogP contribution is -2.40. The van der Waals surface area contributed by atoms with Crippen LogP contribution in [0.1, 0.15) is 32.6 Å². The molecule has 0 aliphatic heterocycles. The first-order valence-electron chi connectivity index (χ1n) is 5.35. The second kappa shape index (κ2) is 3.41. The molecule has 13 heavy (non-hydrogen) atoms. The van der Waals surface area contributed by atoms with E-state index in [4.69, 9.17) is 5.11 Å². The van der Waals surface area contributed by atoms with Crippen molar-refractivity contribution in [3.05, 3.63) is 0 Å². The van der Waals surface area contributed by atoms with Crippen molar-refractivity contribution in [1.29, 1.82) is 0 Å². The number of hydrogen-bond donors (Lipinski definition) is 1. The number of carbonyl (C=O) groups is 1. The van der Waals surface area contributed by atoms with Gasteiger partial charge in [0.15, 0.2) is 0 Å². The predicted molar refractivity (Wildman–Crippen MR) is 50.2 cm³/mol. The summed E-state index contributed by atoms with van der Waals surface area (Å²) in [5.41, 5.74) is 0. The fourth-order valence-electron chi connectivity index (χ4n) is 3.11. The summed E-state index contributed by atoms with van der Waals surface area (Å²) >= 11 is 0. The number of rotatable bonds is 1. The minimum absolute atomic E-state index is 0.272. The summed E-state index contributed by atoms with van der Waals surface area (Å²) in [5, 5.41) is 9.09. The lowest BCUT2D eigenvalue weighted by atomic mass is 9.64. The number of aliphatic hydroxyl groups excluding tert-OH is 1. The average Bonchev–Trinajstić information content (AvgIpc) is 2.07. The van der Waals surface area contributed by atoms with Gasteiger partial charge in [0.2, 0.25) is 0 Å². The summed E-state index contributed by atoms with van der Waals surface area (Å²) in [6, 6.07) is 0. The summed E-state index contributed by atoms with van der Waals surface area (Å²) in [6.45, 7) is 2.51. The van der Waals surface area contributed by atoms with Gasteiger partial charge < -0.3 is 5.11 Å². The average molecular weight is 182 g/mol. The maximum atomic E-state index is 11.7. The monoisotopic (exact) mass is 182 g/mol. The molecule has 2 aliphatic carbocycles. The fourth-order valence-corrected chi connectivity index (χ4v) is 3.11. The van der Waals surface area contributed by atoms with Gasteiger partial charge in [-0.2, -0.15) is 0 Å². The van der Waals surface area contributed by atoms with Crippen LogP contribution in [0, 0.1) is 23.7 Å². The number of Topliss-reactive ketones (excluding diaryl/α,β-unsaturated/α-hetero) is 1. The van der Waals surface area contributed by atoms with Crippen LogP contribution in [0.3, 0.4) is 0 Å². The molecule has 0 radical (unpaired) electrons. The molecule has 0 aromatic heterocycles. The molecule has 0 amide bonds. The number of hydrogen-bond acceptors (Lipinski definition) is 2. The van der Waals surface area contributed by atoms with Crippen LogP contribution in [0.2, 0.25) is 0 Å². The van der Waals surface area contributed by atoms with Crippen molar-refractivity contribution in [3.63, 3.8) is 0 Å². The van der Waals surface area contributed by atoms with E-state index in [-0.39, 0.29) is 18.4 Å². The quantitative estimate of drug-likeness (QED) is 0.669. The van der Waals surface area contributed by atoms with Crippen LogP contribution >= 0.6 is 0 Å². The molecule has 2 rings (SSSR count). The second-order valence-electron chi connectivity index (χ2n) is 4.89. The fraction of sp³-hybridized carbons (Fsp3) is 0.909. The highest BCUT2D eigenvalue weighted by atomic mass is 16.3. The van der Waals surface area contributed by atoms with E-state index in [2.05, 4.69) is 6.92 Å². The van der Waals surface area contributed by atoms with Gasteiger partial charge in [-0.15, -0.1) is 0 Å². The Balaban J connectivity index is 2.09. The number of aliphatic hydroxyl groups is 1. The van der Waals surface area contributed by atoms with Gasteiger partial charge in [0.1, 0.15) is 5.78 Å². The molecule has 74 valence electrons. The second-order valence-corrected chi connectivity index (χ2v) is 4.89. The highest BCUT2D eigenvalue weighted by Gasteiger charge is 2.40. The Morgan fingerprint density at radius 2 is 1.77 bits per heavy atom. The zero-order chi connectivity index (χ0) is 9.42. The van der Waals surface area contributed by atoms with Crippen molar-refractivity contribution in [1.82, 2.24) is 0 Å². The number of ketones is 1. The zero-order valence-electron chi connectivity index (χ0n) is 8.20. The third-order valence-electron chi connectivity index (χ3n) is 3.67. The van der Waals surface area contributed by atoms with Crippen molar-refractivity contribution >= 4 is 5.78 Å². The summed E-state index contributed by atoms with van der Waals surface area (Å²) in [5.74, 6) is 2.16. The van der Waals surface area contributed by atoms with Crippen LogP contribution in [0.5, 0.6) is 0 Å². The van der Waals surface area contributed by atoms with Crippen molar-refractivity contribution in [2.75, 3.05) is 6.61 Å². The Bertz CT molecular complexity index is 194. The highest BCUT2D eigenvalue weighted by Crippen LogP contribution is 2.42. The molecule has 0 spiro atoms. The first kappa shape index (κ1) is 9.20. The zero-order valence-corrected chi connectivity index (χ0v) is 8.20. The molecule has 0 heterocycles. The minimum atomic E-state index is 0.272. The van der Waals surface area contributed by atoms with E-state index < -0.39 is 0 Å². The van der Waals surface area contributed by atoms with Crippen molar-refractivity contribution in [3.8, 4) is 0 Å². The van der Waals surface area contributed by atoms with E-state index >= 15 is 0 Å². The molecule has 2 heteroatoms. The minimum Gasteiger partial charge on any atom is -0.396 e. The molecule has 2 nitrogen and oxygen atoms in total. The summed E-state index contributed by atoms with van der Waals surface area (Å²) < 4.78 is 0. The molecule has 2 aliphatic rings. The van der Waals surface area contributed by atoms with Crippen molar-refractivity contribution in [2.45, 2.75) is 32.6 Å². The normalized spacial score (nSPS) is 44.9. The maximum absolute atomic E-state index is 11.7. The van der Waals surface area contributed by atoms with Crippen LogP contribution in [-0.2, 0) is 4.79 Å². The first-order valence-corrected chi connectivity index (χ1v) is 5.35. The lowest BCUT2D eigenvalue weighted by Gasteiger charge is -2.39. The SMILES string of the molecule is CC1CC2CC(CO)CC(C1)C2=O. The van der Waals surface area contributed by atoms with Crippen molar-refractivity contribution in [2.24, 2.45) is 23.7 Å². The molecule has 2 fully saturated rings.